The fraction of sp³-hybridized carbons (Fsp3) is 0.400. The van der Waals surface area contributed by atoms with Crippen molar-refractivity contribution in [3.8, 4) is 0 Å². The average molecular weight is 597 g/mol. The van der Waals surface area contributed by atoms with Gasteiger partial charge in [0.2, 0.25) is 0 Å². The molecule has 2 aliphatic heterocycles. The number of thiophene rings is 1. The van der Waals surface area contributed by atoms with Crippen LogP contribution in [0, 0.1) is 5.82 Å². The number of amides is 3. The molecular weight excluding hydrogens is 571 g/mol. The molecule has 1 aromatic carbocycles. The van der Waals surface area contributed by atoms with Crippen LogP contribution in [0.5, 0.6) is 0 Å². The van der Waals surface area contributed by atoms with Crippen LogP contribution in [0.4, 0.5) is 20.6 Å². The molecule has 15 heteroatoms. The Morgan fingerprint density at radius 3 is 2.73 bits per heavy atom. The van der Waals surface area contributed by atoms with E-state index in [9.17, 15) is 24.0 Å². The number of halogens is 2. The normalized spacial score (nSPS) is 17.9. The lowest BCUT2D eigenvalue weighted by atomic mass is 10.1. The summed E-state index contributed by atoms with van der Waals surface area (Å²) in [4.78, 5) is 65.4. The maximum Gasteiger partial charge on any atom is 0.414 e. The van der Waals surface area contributed by atoms with Crippen molar-refractivity contribution in [2.24, 2.45) is 5.73 Å². The standard InChI is InChI=1S/C25H26ClFN4O8S/c26-21-4-3-20(40-21)24(35)30(16(5-7-32)13-38-23(34)10-28)11-17-12-31(25(36)39-17)19-2-1-15(9-18(19)27)29-6-8-37-14-22(29)33/h1-4,7,9,16-17H,5-6,8,10-14,28H2/t16?,17-/m0/s1. The minimum absolute atomic E-state index is 0.0683. The number of nitrogens with zero attached hydrogens (tertiary/aromatic N) is 3. The first-order valence-corrected chi connectivity index (χ1v) is 13.4. The summed E-state index contributed by atoms with van der Waals surface area (Å²) in [5, 5.41) is 0. The van der Waals surface area contributed by atoms with Crippen LogP contribution in [0.1, 0.15) is 16.1 Å². The van der Waals surface area contributed by atoms with Gasteiger partial charge in [0.25, 0.3) is 11.8 Å². The quantitative estimate of drug-likeness (QED) is 0.303. The number of cyclic esters (lactones) is 1. The van der Waals surface area contributed by atoms with Gasteiger partial charge < -0.3 is 34.5 Å². The summed E-state index contributed by atoms with van der Waals surface area (Å²) in [6, 6.07) is 6.20. The van der Waals surface area contributed by atoms with E-state index in [2.05, 4.69) is 0 Å². The van der Waals surface area contributed by atoms with Crippen molar-refractivity contribution in [1.29, 1.82) is 0 Å². The zero-order chi connectivity index (χ0) is 28.8. The predicted octanol–water partition coefficient (Wildman–Crippen LogP) is 1.83. The van der Waals surface area contributed by atoms with Gasteiger partial charge in [-0.1, -0.05) is 11.6 Å². The molecule has 1 unspecified atom stereocenters. The van der Waals surface area contributed by atoms with Crippen molar-refractivity contribution in [2.45, 2.75) is 18.6 Å². The summed E-state index contributed by atoms with van der Waals surface area (Å²) in [5.74, 6) is -2.30. The molecule has 0 radical (unpaired) electrons. The summed E-state index contributed by atoms with van der Waals surface area (Å²) >= 11 is 7.01. The lowest BCUT2D eigenvalue weighted by Gasteiger charge is -2.31. The highest BCUT2D eigenvalue weighted by Crippen LogP contribution is 2.30. The van der Waals surface area contributed by atoms with Crippen molar-refractivity contribution in [3.63, 3.8) is 0 Å². The lowest BCUT2D eigenvalue weighted by Crippen LogP contribution is -2.48. The Kier molecular flexibility index (Phi) is 9.68. The van der Waals surface area contributed by atoms with Crippen LogP contribution in [-0.2, 0) is 28.6 Å². The summed E-state index contributed by atoms with van der Waals surface area (Å²) < 4.78 is 31.2. The third kappa shape index (κ3) is 6.75. The molecule has 4 rings (SSSR count). The molecule has 40 heavy (non-hydrogen) atoms. The molecule has 0 aliphatic carbocycles. The Bertz CT molecular complexity index is 1290. The molecular formula is C25H26ClFN4O8S. The topological polar surface area (TPSA) is 149 Å². The first-order chi connectivity index (χ1) is 19.2. The molecule has 2 N–H and O–H groups in total. The maximum atomic E-state index is 15.1. The highest BCUT2D eigenvalue weighted by Gasteiger charge is 2.38. The van der Waals surface area contributed by atoms with E-state index < -0.39 is 35.9 Å². The fourth-order valence-corrected chi connectivity index (χ4v) is 5.32. The predicted molar refractivity (Wildman–Crippen MR) is 142 cm³/mol. The second-order valence-corrected chi connectivity index (χ2v) is 10.6. The molecule has 0 saturated carbocycles. The van der Waals surface area contributed by atoms with Gasteiger partial charge in [0, 0.05) is 18.7 Å². The van der Waals surface area contributed by atoms with Gasteiger partial charge in [0.1, 0.15) is 31.4 Å². The minimum Gasteiger partial charge on any atom is -0.463 e. The number of ether oxygens (including phenoxy) is 3. The van der Waals surface area contributed by atoms with Crippen molar-refractivity contribution in [2.75, 3.05) is 55.8 Å². The third-order valence-electron chi connectivity index (χ3n) is 6.25. The number of carbonyl (C=O) groups excluding carboxylic acids is 5. The van der Waals surface area contributed by atoms with Gasteiger partial charge in [-0.2, -0.15) is 0 Å². The highest BCUT2D eigenvalue weighted by atomic mass is 35.5. The van der Waals surface area contributed by atoms with Gasteiger partial charge >= 0.3 is 12.1 Å². The molecule has 3 heterocycles. The molecule has 12 nitrogen and oxygen atoms in total. The van der Waals surface area contributed by atoms with Crippen molar-refractivity contribution in [3.05, 3.63) is 45.4 Å². The van der Waals surface area contributed by atoms with Crippen LogP contribution < -0.4 is 15.5 Å². The van der Waals surface area contributed by atoms with Crippen LogP contribution in [-0.4, -0.2) is 93.2 Å². The van der Waals surface area contributed by atoms with Crippen molar-refractivity contribution < 1.29 is 42.6 Å². The van der Waals surface area contributed by atoms with E-state index in [0.29, 0.717) is 22.9 Å². The molecule has 0 spiro atoms. The molecule has 2 atom stereocenters. The third-order valence-corrected chi connectivity index (χ3v) is 7.47. The first-order valence-electron chi connectivity index (χ1n) is 12.2. The maximum absolute atomic E-state index is 15.1. The Morgan fingerprint density at radius 2 is 2.08 bits per heavy atom. The fourth-order valence-electron chi connectivity index (χ4n) is 4.32. The molecule has 1 aromatic heterocycles. The Morgan fingerprint density at radius 1 is 1.27 bits per heavy atom. The number of morpholine rings is 1. The molecule has 2 saturated heterocycles. The number of rotatable bonds is 11. The van der Waals surface area contributed by atoms with E-state index in [1.807, 2.05) is 0 Å². The summed E-state index contributed by atoms with van der Waals surface area (Å²) in [6.07, 6.45) is -1.35. The molecule has 2 aliphatic rings. The molecule has 214 valence electrons. The van der Waals surface area contributed by atoms with E-state index in [0.717, 1.165) is 22.3 Å². The number of benzene rings is 1. The van der Waals surface area contributed by atoms with Crippen LogP contribution in [0.2, 0.25) is 4.34 Å². The Hall–Kier alpha value is -3.59. The van der Waals surface area contributed by atoms with E-state index in [4.69, 9.17) is 31.5 Å². The van der Waals surface area contributed by atoms with Crippen molar-refractivity contribution >= 4 is 64.5 Å². The average Bonchev–Trinajstić information content (AvgIpc) is 3.54. The zero-order valence-electron chi connectivity index (χ0n) is 21.1. The smallest absolute Gasteiger partial charge is 0.414 e. The van der Waals surface area contributed by atoms with Crippen LogP contribution in [0.15, 0.2) is 30.3 Å². The number of hydrogen-bond acceptors (Lipinski definition) is 10. The van der Waals surface area contributed by atoms with Crippen LogP contribution >= 0.6 is 22.9 Å². The van der Waals surface area contributed by atoms with Gasteiger partial charge in [-0.25, -0.2) is 9.18 Å². The molecule has 0 bridgehead atoms. The minimum atomic E-state index is -0.911. The number of hydrogen-bond donors (Lipinski definition) is 1. The van der Waals surface area contributed by atoms with E-state index >= 15 is 4.39 Å². The number of anilines is 2. The van der Waals surface area contributed by atoms with E-state index in [-0.39, 0.29) is 62.3 Å². The SMILES string of the molecule is NCC(=O)OCC(CC=O)N(C[C@H]1CN(c2ccc(N3CCOCC3=O)cc2F)C(=O)O1)C(=O)c1ccc(Cl)s1. The molecule has 3 amide bonds. The summed E-state index contributed by atoms with van der Waals surface area (Å²) in [6.45, 7) is -0.519. The van der Waals surface area contributed by atoms with Gasteiger partial charge in [0.05, 0.1) is 47.2 Å². The van der Waals surface area contributed by atoms with Gasteiger partial charge in [-0.3, -0.25) is 19.3 Å². The van der Waals surface area contributed by atoms with Gasteiger partial charge in [-0.05, 0) is 30.3 Å². The highest BCUT2D eigenvalue weighted by molar-refractivity contribution is 7.18. The van der Waals surface area contributed by atoms with Crippen LogP contribution in [0.3, 0.4) is 0 Å². The van der Waals surface area contributed by atoms with Gasteiger partial charge in [0.15, 0.2) is 0 Å². The molecule has 2 fully saturated rings. The zero-order valence-corrected chi connectivity index (χ0v) is 22.7. The van der Waals surface area contributed by atoms with E-state index in [1.54, 1.807) is 0 Å². The first kappa shape index (κ1) is 29.4. The van der Waals surface area contributed by atoms with Gasteiger partial charge in [-0.15, -0.1) is 11.3 Å². The Balaban J connectivity index is 1.53. The summed E-state index contributed by atoms with van der Waals surface area (Å²) in [5.41, 5.74) is 5.55. The van der Waals surface area contributed by atoms with Crippen LogP contribution in [0.25, 0.3) is 0 Å². The number of carbonyl (C=O) groups is 5. The number of esters is 1. The molecule has 2 aromatic rings. The lowest BCUT2D eigenvalue weighted by molar-refractivity contribution is -0.144. The summed E-state index contributed by atoms with van der Waals surface area (Å²) in [7, 11) is 0. The second-order valence-electron chi connectivity index (χ2n) is 8.85. The second kappa shape index (κ2) is 13.2. The number of aldehydes is 1. The largest absolute Gasteiger partial charge is 0.463 e. The monoisotopic (exact) mass is 596 g/mol. The Labute approximate surface area is 237 Å². The van der Waals surface area contributed by atoms with Crippen molar-refractivity contribution in [1.82, 2.24) is 4.90 Å². The number of nitrogens with two attached hydrogens (primary N) is 1. The van der Waals surface area contributed by atoms with E-state index in [1.165, 1.54) is 34.1 Å².